The van der Waals surface area contributed by atoms with E-state index in [9.17, 15) is 0 Å². The number of aliphatic imine (C=N–C) groups is 1. The SMILES string of the molecule is CCOC(C)c1noc(CNC(=NC)NCCC(C)c2ccc(OC)cc2)n1.I. The second-order valence-electron chi connectivity index (χ2n) is 6.46. The van der Waals surface area contributed by atoms with Crippen molar-refractivity contribution in [2.24, 2.45) is 4.99 Å². The molecule has 162 valence electrons. The molecule has 0 bridgehead atoms. The smallest absolute Gasteiger partial charge is 0.246 e. The fourth-order valence-electron chi connectivity index (χ4n) is 2.72. The van der Waals surface area contributed by atoms with Crippen molar-refractivity contribution in [2.75, 3.05) is 27.3 Å². The van der Waals surface area contributed by atoms with Crippen LogP contribution in [-0.2, 0) is 11.3 Å². The summed E-state index contributed by atoms with van der Waals surface area (Å²) in [5, 5.41) is 10.4. The summed E-state index contributed by atoms with van der Waals surface area (Å²) in [7, 11) is 3.41. The van der Waals surface area contributed by atoms with E-state index in [-0.39, 0.29) is 30.1 Å². The molecule has 2 rings (SSSR count). The molecule has 0 aliphatic heterocycles. The predicted molar refractivity (Wildman–Crippen MR) is 124 cm³/mol. The predicted octanol–water partition coefficient (Wildman–Crippen LogP) is 3.65. The summed E-state index contributed by atoms with van der Waals surface area (Å²) in [5.74, 6) is 3.04. The number of hydrogen-bond acceptors (Lipinski definition) is 6. The summed E-state index contributed by atoms with van der Waals surface area (Å²) < 4.78 is 15.9. The molecule has 1 aromatic heterocycles. The zero-order chi connectivity index (χ0) is 20.4. The van der Waals surface area contributed by atoms with Crippen LogP contribution >= 0.6 is 24.0 Å². The number of halogens is 1. The van der Waals surface area contributed by atoms with Crippen molar-refractivity contribution in [3.8, 4) is 5.75 Å². The van der Waals surface area contributed by atoms with Gasteiger partial charge in [-0.05, 0) is 43.9 Å². The highest BCUT2D eigenvalue weighted by molar-refractivity contribution is 14.0. The first-order valence-corrected chi connectivity index (χ1v) is 9.59. The lowest BCUT2D eigenvalue weighted by Gasteiger charge is -2.15. The van der Waals surface area contributed by atoms with Gasteiger partial charge in [-0.2, -0.15) is 4.98 Å². The van der Waals surface area contributed by atoms with Gasteiger partial charge in [0.15, 0.2) is 11.8 Å². The lowest BCUT2D eigenvalue weighted by molar-refractivity contribution is 0.0683. The van der Waals surface area contributed by atoms with E-state index in [0.717, 1.165) is 18.7 Å². The van der Waals surface area contributed by atoms with Gasteiger partial charge in [0.2, 0.25) is 5.89 Å². The van der Waals surface area contributed by atoms with Crippen LogP contribution in [0.5, 0.6) is 5.75 Å². The van der Waals surface area contributed by atoms with Gasteiger partial charge < -0.3 is 24.6 Å². The zero-order valence-corrected chi connectivity index (χ0v) is 20.1. The van der Waals surface area contributed by atoms with Crippen LogP contribution in [-0.4, -0.2) is 43.4 Å². The number of nitrogens with zero attached hydrogens (tertiary/aromatic N) is 3. The third-order valence-electron chi connectivity index (χ3n) is 4.45. The topological polar surface area (TPSA) is 93.8 Å². The van der Waals surface area contributed by atoms with Crippen LogP contribution < -0.4 is 15.4 Å². The fraction of sp³-hybridized carbons (Fsp3) is 0.550. The molecule has 0 aliphatic rings. The largest absolute Gasteiger partial charge is 0.497 e. The lowest BCUT2D eigenvalue weighted by atomic mass is 9.98. The molecule has 2 aromatic rings. The number of aromatic nitrogens is 2. The Morgan fingerprint density at radius 3 is 2.55 bits per heavy atom. The highest BCUT2D eigenvalue weighted by Gasteiger charge is 2.14. The summed E-state index contributed by atoms with van der Waals surface area (Å²) >= 11 is 0. The van der Waals surface area contributed by atoms with Gasteiger partial charge in [0.1, 0.15) is 11.9 Å². The van der Waals surface area contributed by atoms with Gasteiger partial charge in [-0.1, -0.05) is 24.2 Å². The van der Waals surface area contributed by atoms with Crippen molar-refractivity contribution in [1.29, 1.82) is 0 Å². The molecule has 1 heterocycles. The Bertz CT molecular complexity index is 736. The number of guanidine groups is 1. The second-order valence-corrected chi connectivity index (χ2v) is 6.46. The molecule has 0 saturated carbocycles. The Balaban J connectivity index is 0.00000420. The number of ether oxygens (including phenoxy) is 2. The minimum atomic E-state index is -0.181. The molecule has 0 saturated heterocycles. The van der Waals surface area contributed by atoms with E-state index in [0.29, 0.717) is 36.7 Å². The molecular weight excluding hydrogens is 485 g/mol. The third-order valence-corrected chi connectivity index (χ3v) is 4.45. The molecule has 0 radical (unpaired) electrons. The van der Waals surface area contributed by atoms with Gasteiger partial charge in [-0.3, -0.25) is 4.99 Å². The van der Waals surface area contributed by atoms with Crippen LogP contribution in [0.25, 0.3) is 0 Å². The molecule has 9 heteroatoms. The fourth-order valence-corrected chi connectivity index (χ4v) is 2.72. The summed E-state index contributed by atoms with van der Waals surface area (Å²) in [6, 6.07) is 8.19. The van der Waals surface area contributed by atoms with E-state index >= 15 is 0 Å². The van der Waals surface area contributed by atoms with E-state index in [1.54, 1.807) is 14.2 Å². The zero-order valence-electron chi connectivity index (χ0n) is 17.8. The van der Waals surface area contributed by atoms with E-state index in [4.69, 9.17) is 14.0 Å². The molecule has 8 nitrogen and oxygen atoms in total. The van der Waals surface area contributed by atoms with Crippen LogP contribution in [0.15, 0.2) is 33.8 Å². The molecule has 1 aromatic carbocycles. The molecule has 0 spiro atoms. The Labute approximate surface area is 189 Å². The van der Waals surface area contributed by atoms with Gasteiger partial charge in [0, 0.05) is 20.2 Å². The Morgan fingerprint density at radius 2 is 1.93 bits per heavy atom. The standard InChI is InChI=1S/C20H31N5O3.HI/c1-6-27-15(3)19-24-18(28-25-19)13-23-20(21-4)22-12-11-14(2)16-7-9-17(26-5)10-8-16;/h7-10,14-15H,6,11-13H2,1-5H3,(H2,21,22,23);1H. The molecular formula is C20H32IN5O3. The summed E-state index contributed by atoms with van der Waals surface area (Å²) in [5.41, 5.74) is 1.28. The minimum absolute atomic E-state index is 0. The first-order valence-electron chi connectivity index (χ1n) is 9.59. The summed E-state index contributed by atoms with van der Waals surface area (Å²) in [4.78, 5) is 8.57. The van der Waals surface area contributed by atoms with Crippen LogP contribution in [0, 0.1) is 0 Å². The second kappa shape index (κ2) is 13.4. The van der Waals surface area contributed by atoms with Crippen molar-refractivity contribution in [3.63, 3.8) is 0 Å². The lowest BCUT2D eigenvalue weighted by Crippen LogP contribution is -2.37. The molecule has 2 N–H and O–H groups in total. The van der Waals surface area contributed by atoms with Crippen molar-refractivity contribution in [2.45, 2.75) is 45.8 Å². The normalized spacial score (nSPS) is 13.3. The Hall–Kier alpha value is -1.88. The number of benzene rings is 1. The van der Waals surface area contributed by atoms with Crippen molar-refractivity contribution < 1.29 is 14.0 Å². The monoisotopic (exact) mass is 517 g/mol. The Morgan fingerprint density at radius 1 is 1.21 bits per heavy atom. The van der Waals surface area contributed by atoms with E-state index in [2.05, 4.69) is 44.8 Å². The van der Waals surface area contributed by atoms with Crippen LogP contribution in [0.4, 0.5) is 0 Å². The number of rotatable bonds is 10. The van der Waals surface area contributed by atoms with E-state index in [1.165, 1.54) is 5.56 Å². The van der Waals surface area contributed by atoms with Gasteiger partial charge in [-0.25, -0.2) is 0 Å². The van der Waals surface area contributed by atoms with Crippen molar-refractivity contribution in [3.05, 3.63) is 41.5 Å². The summed E-state index contributed by atoms with van der Waals surface area (Å²) in [6.45, 7) is 7.84. The van der Waals surface area contributed by atoms with Gasteiger partial charge in [0.05, 0.1) is 13.7 Å². The van der Waals surface area contributed by atoms with Crippen LogP contribution in [0.3, 0.4) is 0 Å². The summed E-state index contributed by atoms with van der Waals surface area (Å²) in [6.07, 6.45) is 0.795. The maximum Gasteiger partial charge on any atom is 0.246 e. The maximum absolute atomic E-state index is 5.46. The van der Waals surface area contributed by atoms with Crippen molar-refractivity contribution in [1.82, 2.24) is 20.8 Å². The highest BCUT2D eigenvalue weighted by Crippen LogP contribution is 2.21. The van der Waals surface area contributed by atoms with Crippen LogP contribution in [0.1, 0.15) is 56.5 Å². The minimum Gasteiger partial charge on any atom is -0.497 e. The van der Waals surface area contributed by atoms with Gasteiger partial charge in [0.25, 0.3) is 0 Å². The molecule has 0 fully saturated rings. The van der Waals surface area contributed by atoms with E-state index < -0.39 is 0 Å². The quantitative estimate of drug-likeness (QED) is 0.282. The first-order chi connectivity index (χ1) is 13.6. The first kappa shape index (κ1) is 25.2. The average molecular weight is 517 g/mol. The van der Waals surface area contributed by atoms with Crippen molar-refractivity contribution >= 4 is 29.9 Å². The average Bonchev–Trinajstić information content (AvgIpc) is 3.20. The van der Waals surface area contributed by atoms with Crippen LogP contribution in [0.2, 0.25) is 0 Å². The molecule has 0 amide bonds. The molecule has 2 unspecified atom stereocenters. The third kappa shape index (κ3) is 8.17. The maximum atomic E-state index is 5.46. The number of hydrogen-bond donors (Lipinski definition) is 2. The molecule has 29 heavy (non-hydrogen) atoms. The highest BCUT2D eigenvalue weighted by atomic mass is 127. The number of nitrogens with one attached hydrogen (secondary N) is 2. The molecule has 2 atom stereocenters. The van der Waals surface area contributed by atoms with Gasteiger partial charge in [-0.15, -0.1) is 24.0 Å². The molecule has 0 aliphatic carbocycles. The van der Waals surface area contributed by atoms with E-state index in [1.807, 2.05) is 26.0 Å². The van der Waals surface area contributed by atoms with Gasteiger partial charge >= 0.3 is 0 Å². The Kier molecular flexibility index (Phi) is 11.6. The number of methoxy groups -OCH3 is 1.